The van der Waals surface area contributed by atoms with Gasteiger partial charge in [-0.05, 0) is 55.4 Å². The van der Waals surface area contributed by atoms with E-state index >= 15 is 0 Å². The lowest BCUT2D eigenvalue weighted by molar-refractivity contribution is 0.372. The van der Waals surface area contributed by atoms with E-state index in [1.165, 1.54) is 7.11 Å². The predicted molar refractivity (Wildman–Crippen MR) is 129 cm³/mol. The Morgan fingerprint density at radius 1 is 1.18 bits per heavy atom. The number of rotatable bonds is 7. The molecule has 0 saturated heterocycles. The van der Waals surface area contributed by atoms with Gasteiger partial charge in [-0.1, -0.05) is 30.3 Å². The average Bonchev–Trinajstić information content (AvgIpc) is 3.31. The summed E-state index contributed by atoms with van der Waals surface area (Å²) in [5, 5.41) is 18.6. The monoisotopic (exact) mass is 466 g/mol. The highest BCUT2D eigenvalue weighted by Crippen LogP contribution is 2.40. The van der Waals surface area contributed by atoms with Crippen LogP contribution in [0.1, 0.15) is 37.8 Å². The Bertz CT molecular complexity index is 1210. The van der Waals surface area contributed by atoms with E-state index in [0.29, 0.717) is 28.3 Å². The van der Waals surface area contributed by atoms with Crippen molar-refractivity contribution < 1.29 is 19.1 Å². The van der Waals surface area contributed by atoms with Crippen LogP contribution in [-0.2, 0) is 0 Å². The van der Waals surface area contributed by atoms with Crippen LogP contribution in [0.3, 0.4) is 0 Å². The second kappa shape index (κ2) is 9.50. The van der Waals surface area contributed by atoms with Crippen LogP contribution in [0.15, 0.2) is 52.7 Å². The first-order valence-electron chi connectivity index (χ1n) is 10.6. The fraction of sp³-hybridized carbons (Fsp3) is 0.292. The summed E-state index contributed by atoms with van der Waals surface area (Å²) in [7, 11) is 3.13. The third kappa shape index (κ3) is 4.36. The van der Waals surface area contributed by atoms with E-state index in [1.807, 2.05) is 42.2 Å². The second-order valence-corrected chi connectivity index (χ2v) is 8.01. The molecule has 1 unspecified atom stereocenters. The number of hydrogen-bond acceptors (Lipinski definition) is 7. The molecular formula is C24H26N4O4S. The number of ether oxygens (including phenoxy) is 2. The molecule has 1 aliphatic heterocycles. The van der Waals surface area contributed by atoms with E-state index in [2.05, 4.69) is 17.4 Å². The number of benzene rings is 2. The number of aromatic hydroxyl groups is 1. The molecule has 3 aromatic rings. The van der Waals surface area contributed by atoms with Crippen LogP contribution in [0.25, 0.3) is 17.0 Å². The van der Waals surface area contributed by atoms with E-state index < -0.39 is 0 Å². The zero-order valence-electron chi connectivity index (χ0n) is 19.0. The van der Waals surface area contributed by atoms with Crippen molar-refractivity contribution in [2.24, 2.45) is 0 Å². The minimum Gasteiger partial charge on any atom is -0.504 e. The molecule has 172 valence electrons. The molecule has 9 heteroatoms. The van der Waals surface area contributed by atoms with Gasteiger partial charge in [0.1, 0.15) is 5.75 Å². The number of methoxy groups -OCH3 is 2. The molecule has 2 aromatic carbocycles. The van der Waals surface area contributed by atoms with Gasteiger partial charge in [0.2, 0.25) is 5.82 Å². The Kier molecular flexibility index (Phi) is 6.50. The van der Waals surface area contributed by atoms with Gasteiger partial charge in [0.15, 0.2) is 16.6 Å². The summed E-state index contributed by atoms with van der Waals surface area (Å²) in [6.07, 6.45) is 0.916. The van der Waals surface area contributed by atoms with Gasteiger partial charge < -0.3 is 29.3 Å². The lowest BCUT2D eigenvalue weighted by atomic mass is 9.94. The number of hydrogen-bond donors (Lipinski definition) is 2. The highest BCUT2D eigenvalue weighted by molar-refractivity contribution is 7.80. The molecule has 33 heavy (non-hydrogen) atoms. The van der Waals surface area contributed by atoms with Crippen molar-refractivity contribution in [2.75, 3.05) is 20.8 Å². The molecule has 2 N–H and O–H groups in total. The average molecular weight is 467 g/mol. The minimum absolute atomic E-state index is 0.0401. The van der Waals surface area contributed by atoms with Crippen molar-refractivity contribution in [2.45, 2.75) is 26.3 Å². The molecule has 0 aliphatic carbocycles. The first kappa shape index (κ1) is 22.6. The molecule has 0 radical (unpaired) electrons. The number of nitrogens with zero attached hydrogens (tertiary/aromatic N) is 3. The highest BCUT2D eigenvalue weighted by Gasteiger charge is 2.34. The van der Waals surface area contributed by atoms with Crippen LogP contribution in [0.4, 0.5) is 0 Å². The van der Waals surface area contributed by atoms with Gasteiger partial charge >= 0.3 is 0 Å². The largest absolute Gasteiger partial charge is 0.504 e. The molecular weight excluding hydrogens is 440 g/mol. The Labute approximate surface area is 197 Å². The summed E-state index contributed by atoms with van der Waals surface area (Å²) in [5.74, 6) is 1.97. The van der Waals surface area contributed by atoms with Crippen LogP contribution < -0.4 is 14.8 Å². The third-order valence-corrected chi connectivity index (χ3v) is 5.90. The summed E-state index contributed by atoms with van der Waals surface area (Å²) in [6, 6.07) is 12.3. The molecule has 0 spiro atoms. The summed E-state index contributed by atoms with van der Waals surface area (Å²) in [4.78, 5) is 6.72. The molecule has 1 aromatic heterocycles. The van der Waals surface area contributed by atoms with Gasteiger partial charge in [-0.15, -0.1) is 0 Å². The maximum absolute atomic E-state index is 10.4. The van der Waals surface area contributed by atoms with Gasteiger partial charge in [0.25, 0.3) is 5.89 Å². The summed E-state index contributed by atoms with van der Waals surface area (Å²) >= 11 is 5.65. The number of phenols is 1. The zero-order chi connectivity index (χ0) is 23.5. The van der Waals surface area contributed by atoms with Crippen LogP contribution in [0.2, 0.25) is 0 Å². The Morgan fingerprint density at radius 2 is 2.00 bits per heavy atom. The molecule has 2 heterocycles. The van der Waals surface area contributed by atoms with Crippen molar-refractivity contribution in [3.8, 4) is 28.6 Å². The topological polar surface area (TPSA) is 92.9 Å². The molecule has 0 bridgehead atoms. The van der Waals surface area contributed by atoms with Crippen LogP contribution in [0, 0.1) is 0 Å². The quantitative estimate of drug-likeness (QED) is 0.487. The second-order valence-electron chi connectivity index (χ2n) is 7.62. The van der Waals surface area contributed by atoms with E-state index in [0.717, 1.165) is 35.4 Å². The highest BCUT2D eigenvalue weighted by atomic mass is 32.1. The molecule has 1 atom stereocenters. The van der Waals surface area contributed by atoms with Gasteiger partial charge in [-0.3, -0.25) is 0 Å². The number of phenolic OH excluding ortho intramolecular Hbond substituents is 1. The maximum atomic E-state index is 10.4. The van der Waals surface area contributed by atoms with E-state index in [-0.39, 0.29) is 11.8 Å². The van der Waals surface area contributed by atoms with Gasteiger partial charge in [0.05, 0.1) is 25.8 Å². The minimum atomic E-state index is -0.388. The summed E-state index contributed by atoms with van der Waals surface area (Å²) in [6.45, 7) is 4.83. The summed E-state index contributed by atoms with van der Waals surface area (Å²) < 4.78 is 16.2. The Balaban J connectivity index is 1.81. The molecule has 0 fully saturated rings. The van der Waals surface area contributed by atoms with E-state index in [9.17, 15) is 5.11 Å². The normalized spacial score (nSPS) is 16.1. The molecule has 1 aliphatic rings. The van der Waals surface area contributed by atoms with Crippen molar-refractivity contribution in [3.05, 3.63) is 59.6 Å². The smallest absolute Gasteiger partial charge is 0.258 e. The van der Waals surface area contributed by atoms with E-state index in [4.69, 9.17) is 31.2 Å². The third-order valence-electron chi connectivity index (χ3n) is 5.56. The maximum Gasteiger partial charge on any atom is 0.258 e. The fourth-order valence-corrected chi connectivity index (χ4v) is 4.25. The molecule has 0 saturated carbocycles. The molecule has 4 rings (SSSR count). The fourth-order valence-electron chi connectivity index (χ4n) is 3.90. The lowest BCUT2D eigenvalue weighted by Gasteiger charge is -2.37. The van der Waals surface area contributed by atoms with E-state index in [1.54, 1.807) is 19.2 Å². The Hall–Kier alpha value is -3.59. The molecule has 8 nitrogen and oxygen atoms in total. The number of aromatic nitrogens is 2. The zero-order valence-corrected chi connectivity index (χ0v) is 19.8. The van der Waals surface area contributed by atoms with Gasteiger partial charge in [-0.2, -0.15) is 4.98 Å². The van der Waals surface area contributed by atoms with Gasteiger partial charge in [-0.25, -0.2) is 0 Å². The van der Waals surface area contributed by atoms with Gasteiger partial charge in [0, 0.05) is 17.8 Å². The SMILES string of the molecule is CCCN1C(=S)NC(c2ccc(OC)c(O)c2)C(c2nc(-c3cccc(OC)c3)no2)=C1C. The predicted octanol–water partition coefficient (Wildman–Crippen LogP) is 4.53. The van der Waals surface area contributed by atoms with Crippen LogP contribution in [-0.4, -0.2) is 46.0 Å². The molecule has 0 amide bonds. The van der Waals surface area contributed by atoms with Crippen LogP contribution >= 0.6 is 12.2 Å². The first-order valence-corrected chi connectivity index (χ1v) is 11.0. The number of allylic oxidation sites excluding steroid dienone is 1. The van der Waals surface area contributed by atoms with Crippen molar-refractivity contribution in [3.63, 3.8) is 0 Å². The summed E-state index contributed by atoms with van der Waals surface area (Å²) in [5.41, 5.74) is 3.29. The van der Waals surface area contributed by atoms with Crippen molar-refractivity contribution in [1.29, 1.82) is 0 Å². The Morgan fingerprint density at radius 3 is 2.70 bits per heavy atom. The van der Waals surface area contributed by atoms with Crippen molar-refractivity contribution in [1.82, 2.24) is 20.4 Å². The number of nitrogens with one attached hydrogen (secondary N) is 1. The van der Waals surface area contributed by atoms with Crippen molar-refractivity contribution >= 4 is 22.9 Å². The lowest BCUT2D eigenvalue weighted by Crippen LogP contribution is -2.46. The van der Waals surface area contributed by atoms with Crippen LogP contribution in [0.5, 0.6) is 17.2 Å². The first-order chi connectivity index (χ1) is 16.0. The number of thiocarbonyl (C=S) groups is 1. The standard InChI is InChI=1S/C24H26N4O4S/c1-5-11-28-14(2)20(21(25-24(28)33)15-9-10-19(31-4)18(29)13-15)23-26-22(27-32-23)16-7-6-8-17(12-16)30-3/h6-10,12-13,21,29H,5,11H2,1-4H3,(H,25,33).